The second kappa shape index (κ2) is 4.90. The molecule has 1 atom stereocenters. The predicted molar refractivity (Wildman–Crippen MR) is 60.2 cm³/mol. The zero-order valence-electron chi connectivity index (χ0n) is 9.83. The molecule has 1 fully saturated rings. The van der Waals surface area contributed by atoms with Crippen molar-refractivity contribution in [3.63, 3.8) is 0 Å². The molecule has 1 heterocycles. The SMILES string of the molecule is OC1(Cc2cccc(C(F)(F)F)c2)CCCOC1. The molecular weight excluding hydrogens is 245 g/mol. The van der Waals surface area contributed by atoms with E-state index in [4.69, 9.17) is 4.74 Å². The Hall–Kier alpha value is -1.07. The number of hydrogen-bond acceptors (Lipinski definition) is 2. The minimum atomic E-state index is -4.35. The summed E-state index contributed by atoms with van der Waals surface area (Å²) < 4.78 is 42.8. The van der Waals surface area contributed by atoms with Crippen molar-refractivity contribution < 1.29 is 23.0 Å². The highest BCUT2D eigenvalue weighted by Crippen LogP contribution is 2.31. The first-order valence-corrected chi connectivity index (χ1v) is 5.85. The number of halogens is 3. The highest BCUT2D eigenvalue weighted by molar-refractivity contribution is 5.27. The maximum atomic E-state index is 12.6. The van der Waals surface area contributed by atoms with Crippen LogP contribution in [0.2, 0.25) is 0 Å². The lowest BCUT2D eigenvalue weighted by Crippen LogP contribution is -2.40. The summed E-state index contributed by atoms with van der Waals surface area (Å²) >= 11 is 0. The van der Waals surface area contributed by atoms with Crippen LogP contribution in [0.4, 0.5) is 13.2 Å². The minimum Gasteiger partial charge on any atom is -0.387 e. The molecule has 2 rings (SSSR count). The fourth-order valence-corrected chi connectivity index (χ4v) is 2.21. The molecule has 18 heavy (non-hydrogen) atoms. The number of hydrogen-bond donors (Lipinski definition) is 1. The molecule has 1 N–H and O–H groups in total. The van der Waals surface area contributed by atoms with Crippen molar-refractivity contribution in [3.8, 4) is 0 Å². The highest BCUT2D eigenvalue weighted by atomic mass is 19.4. The Bertz CT molecular complexity index is 409. The maximum absolute atomic E-state index is 12.6. The van der Waals surface area contributed by atoms with Crippen LogP contribution in [0.15, 0.2) is 24.3 Å². The van der Waals surface area contributed by atoms with Crippen molar-refractivity contribution in [2.24, 2.45) is 0 Å². The summed E-state index contributed by atoms with van der Waals surface area (Å²) in [4.78, 5) is 0. The molecule has 1 aromatic carbocycles. The summed E-state index contributed by atoms with van der Waals surface area (Å²) in [6, 6.07) is 5.09. The topological polar surface area (TPSA) is 29.5 Å². The molecular formula is C13H15F3O2. The Kier molecular flexibility index (Phi) is 3.64. The van der Waals surface area contributed by atoms with E-state index in [-0.39, 0.29) is 13.0 Å². The molecule has 0 aliphatic carbocycles. The van der Waals surface area contributed by atoms with Gasteiger partial charge in [-0.15, -0.1) is 0 Å². The molecule has 0 amide bonds. The molecule has 5 heteroatoms. The van der Waals surface area contributed by atoms with E-state index >= 15 is 0 Å². The molecule has 0 radical (unpaired) electrons. The van der Waals surface area contributed by atoms with Gasteiger partial charge in [0.1, 0.15) is 0 Å². The predicted octanol–water partition coefficient (Wildman–Crippen LogP) is 2.79. The van der Waals surface area contributed by atoms with Crippen LogP contribution in [0.25, 0.3) is 0 Å². The summed E-state index contributed by atoms with van der Waals surface area (Å²) in [6.45, 7) is 0.786. The Morgan fingerprint density at radius 2 is 2.11 bits per heavy atom. The summed E-state index contributed by atoms with van der Waals surface area (Å²) in [6.07, 6.45) is -2.86. The zero-order valence-corrected chi connectivity index (χ0v) is 9.83. The van der Waals surface area contributed by atoms with Crippen molar-refractivity contribution in [2.75, 3.05) is 13.2 Å². The van der Waals surface area contributed by atoms with Crippen LogP contribution in [0.5, 0.6) is 0 Å². The van der Waals surface area contributed by atoms with Crippen molar-refractivity contribution >= 4 is 0 Å². The van der Waals surface area contributed by atoms with E-state index in [2.05, 4.69) is 0 Å². The maximum Gasteiger partial charge on any atom is 0.416 e. The second-order valence-corrected chi connectivity index (χ2v) is 4.76. The fraction of sp³-hybridized carbons (Fsp3) is 0.538. The summed E-state index contributed by atoms with van der Waals surface area (Å²) in [5.41, 5.74) is -1.24. The van der Waals surface area contributed by atoms with Crippen molar-refractivity contribution in [1.82, 2.24) is 0 Å². The van der Waals surface area contributed by atoms with E-state index in [1.54, 1.807) is 6.07 Å². The standard InChI is InChI=1S/C13H15F3O2/c14-13(15,16)11-4-1-3-10(7-11)8-12(17)5-2-6-18-9-12/h1,3-4,7,17H,2,5-6,8-9H2. The number of benzene rings is 1. The van der Waals surface area contributed by atoms with Crippen LogP contribution in [-0.4, -0.2) is 23.9 Å². The number of rotatable bonds is 2. The van der Waals surface area contributed by atoms with Crippen LogP contribution in [0.3, 0.4) is 0 Å². The molecule has 0 bridgehead atoms. The zero-order chi connectivity index (χ0) is 13.2. The van der Waals surface area contributed by atoms with E-state index in [1.165, 1.54) is 6.07 Å². The van der Waals surface area contributed by atoms with Crippen LogP contribution < -0.4 is 0 Å². The van der Waals surface area contributed by atoms with Gasteiger partial charge >= 0.3 is 6.18 Å². The Morgan fingerprint density at radius 3 is 2.72 bits per heavy atom. The quantitative estimate of drug-likeness (QED) is 0.886. The van der Waals surface area contributed by atoms with Gasteiger partial charge in [-0.25, -0.2) is 0 Å². The van der Waals surface area contributed by atoms with Gasteiger partial charge < -0.3 is 9.84 Å². The van der Waals surface area contributed by atoms with Gasteiger partial charge in [0.05, 0.1) is 17.8 Å². The third-order valence-corrected chi connectivity index (χ3v) is 3.09. The van der Waals surface area contributed by atoms with Gasteiger partial charge in [0.2, 0.25) is 0 Å². The molecule has 0 saturated carbocycles. The van der Waals surface area contributed by atoms with Crippen molar-refractivity contribution in [2.45, 2.75) is 31.0 Å². The first-order chi connectivity index (χ1) is 8.39. The molecule has 100 valence electrons. The average Bonchev–Trinajstić information content (AvgIpc) is 2.28. The average molecular weight is 260 g/mol. The molecule has 0 spiro atoms. The fourth-order valence-electron chi connectivity index (χ4n) is 2.21. The minimum absolute atomic E-state index is 0.184. The molecule has 1 aliphatic heterocycles. The summed E-state index contributed by atoms with van der Waals surface area (Å²) in [5.74, 6) is 0. The van der Waals surface area contributed by atoms with E-state index in [0.29, 0.717) is 18.6 Å². The van der Waals surface area contributed by atoms with E-state index in [0.717, 1.165) is 18.6 Å². The van der Waals surface area contributed by atoms with Gasteiger partial charge in [-0.3, -0.25) is 0 Å². The Balaban J connectivity index is 2.14. The highest BCUT2D eigenvalue weighted by Gasteiger charge is 2.33. The van der Waals surface area contributed by atoms with E-state index in [1.807, 2.05) is 0 Å². The lowest BCUT2D eigenvalue weighted by atomic mass is 9.89. The van der Waals surface area contributed by atoms with Gasteiger partial charge in [-0.1, -0.05) is 18.2 Å². The smallest absolute Gasteiger partial charge is 0.387 e. The second-order valence-electron chi connectivity index (χ2n) is 4.76. The van der Waals surface area contributed by atoms with Gasteiger partial charge in [0, 0.05) is 13.0 Å². The largest absolute Gasteiger partial charge is 0.416 e. The molecule has 1 saturated heterocycles. The van der Waals surface area contributed by atoms with Crippen molar-refractivity contribution in [1.29, 1.82) is 0 Å². The van der Waals surface area contributed by atoms with Gasteiger partial charge in [-0.05, 0) is 24.5 Å². The Labute approximate surface area is 103 Å². The van der Waals surface area contributed by atoms with E-state index < -0.39 is 17.3 Å². The first-order valence-electron chi connectivity index (χ1n) is 5.85. The molecule has 2 nitrogen and oxygen atoms in total. The van der Waals surface area contributed by atoms with Crippen LogP contribution in [-0.2, 0) is 17.3 Å². The number of ether oxygens (including phenoxy) is 1. The monoisotopic (exact) mass is 260 g/mol. The van der Waals surface area contributed by atoms with Crippen molar-refractivity contribution in [3.05, 3.63) is 35.4 Å². The third-order valence-electron chi connectivity index (χ3n) is 3.09. The van der Waals surface area contributed by atoms with Gasteiger partial charge in [0.25, 0.3) is 0 Å². The lowest BCUT2D eigenvalue weighted by molar-refractivity contribution is -0.137. The number of alkyl halides is 3. The van der Waals surface area contributed by atoms with Gasteiger partial charge in [-0.2, -0.15) is 13.2 Å². The summed E-state index contributed by atoms with van der Waals surface area (Å²) in [5, 5.41) is 10.2. The lowest BCUT2D eigenvalue weighted by Gasteiger charge is -2.32. The van der Waals surface area contributed by atoms with Crippen LogP contribution in [0, 0.1) is 0 Å². The van der Waals surface area contributed by atoms with Crippen LogP contribution >= 0.6 is 0 Å². The number of aliphatic hydroxyl groups is 1. The van der Waals surface area contributed by atoms with Crippen LogP contribution in [0.1, 0.15) is 24.0 Å². The van der Waals surface area contributed by atoms with E-state index in [9.17, 15) is 18.3 Å². The molecule has 1 aromatic rings. The normalized spacial score (nSPS) is 25.1. The molecule has 1 unspecified atom stereocenters. The Morgan fingerprint density at radius 1 is 1.33 bits per heavy atom. The molecule has 1 aliphatic rings. The summed E-state index contributed by atoms with van der Waals surface area (Å²) in [7, 11) is 0. The van der Waals surface area contributed by atoms with Gasteiger partial charge in [0.15, 0.2) is 0 Å². The molecule has 0 aromatic heterocycles. The first kappa shape index (κ1) is 13.4. The third kappa shape index (κ3) is 3.23.